The lowest BCUT2D eigenvalue weighted by molar-refractivity contribution is -0.133. The van der Waals surface area contributed by atoms with Gasteiger partial charge in [0.2, 0.25) is 5.91 Å². The molecule has 0 radical (unpaired) electrons. The van der Waals surface area contributed by atoms with Crippen LogP contribution in [0, 0.1) is 0 Å². The smallest absolute Gasteiger partial charge is 0.240 e. The Morgan fingerprint density at radius 1 is 1.57 bits per heavy atom. The maximum Gasteiger partial charge on any atom is 0.240 e. The summed E-state index contributed by atoms with van der Waals surface area (Å²) in [6, 6.07) is 0.331. The number of likely N-dealkylation sites (N-methyl/N-ethyl adjacent to an activating group) is 1. The molecule has 2 aliphatic rings. The Bertz CT molecular complexity index is 228. The number of aliphatic hydroxyl groups is 1. The van der Waals surface area contributed by atoms with Crippen LogP contribution in [0.3, 0.4) is 0 Å². The van der Waals surface area contributed by atoms with E-state index in [1.54, 1.807) is 0 Å². The summed E-state index contributed by atoms with van der Waals surface area (Å²) in [5, 5.41) is 12.4. The quantitative estimate of drug-likeness (QED) is 0.656. The summed E-state index contributed by atoms with van der Waals surface area (Å²) < 4.78 is 0. The molecule has 2 N–H and O–H groups in total. The van der Waals surface area contributed by atoms with Crippen molar-refractivity contribution in [3.63, 3.8) is 0 Å². The first-order valence-corrected chi connectivity index (χ1v) is 5.44. The van der Waals surface area contributed by atoms with Crippen LogP contribution in [0.5, 0.6) is 0 Å². The Balaban J connectivity index is 1.92. The molecule has 0 bridgehead atoms. The normalized spacial score (nSPS) is 31.9. The molecule has 2 atom stereocenters. The highest BCUT2D eigenvalue weighted by molar-refractivity contribution is 5.82. The minimum Gasteiger partial charge on any atom is -0.392 e. The molecular formula is C10H18N2O2. The van der Waals surface area contributed by atoms with E-state index in [9.17, 15) is 9.90 Å². The van der Waals surface area contributed by atoms with Crippen LogP contribution in [0.4, 0.5) is 0 Å². The molecule has 1 aliphatic carbocycles. The number of nitrogens with zero attached hydrogens (tertiary/aromatic N) is 1. The second kappa shape index (κ2) is 3.87. The molecule has 0 aromatic rings. The SMILES string of the molecule is CCN(C(=O)C1CC(O)CN1)C1CC1. The first-order valence-electron chi connectivity index (χ1n) is 5.44. The molecule has 1 saturated heterocycles. The monoisotopic (exact) mass is 198 g/mol. The van der Waals surface area contributed by atoms with Crippen molar-refractivity contribution in [1.29, 1.82) is 0 Å². The van der Waals surface area contributed by atoms with E-state index in [0.29, 0.717) is 19.0 Å². The Labute approximate surface area is 84.3 Å². The Morgan fingerprint density at radius 3 is 2.71 bits per heavy atom. The molecule has 1 heterocycles. The molecule has 4 nitrogen and oxygen atoms in total. The van der Waals surface area contributed by atoms with E-state index >= 15 is 0 Å². The van der Waals surface area contributed by atoms with E-state index in [-0.39, 0.29) is 18.1 Å². The number of hydrogen-bond donors (Lipinski definition) is 2. The van der Waals surface area contributed by atoms with Crippen LogP contribution in [0.2, 0.25) is 0 Å². The second-order valence-electron chi connectivity index (χ2n) is 4.21. The molecule has 4 heteroatoms. The lowest BCUT2D eigenvalue weighted by atomic mass is 10.2. The zero-order valence-corrected chi connectivity index (χ0v) is 8.57. The molecule has 0 aromatic carbocycles. The van der Waals surface area contributed by atoms with Gasteiger partial charge in [0.1, 0.15) is 0 Å². The zero-order valence-electron chi connectivity index (χ0n) is 8.57. The van der Waals surface area contributed by atoms with E-state index in [1.807, 2.05) is 11.8 Å². The maximum atomic E-state index is 12.0. The highest BCUT2D eigenvalue weighted by Gasteiger charge is 2.37. The van der Waals surface area contributed by atoms with E-state index in [1.165, 1.54) is 0 Å². The fourth-order valence-electron chi connectivity index (χ4n) is 2.09. The van der Waals surface area contributed by atoms with Gasteiger partial charge in [0.05, 0.1) is 12.1 Å². The van der Waals surface area contributed by atoms with Crippen LogP contribution in [-0.4, -0.2) is 47.2 Å². The number of hydrogen-bond acceptors (Lipinski definition) is 3. The average molecular weight is 198 g/mol. The van der Waals surface area contributed by atoms with Crippen molar-refractivity contribution in [2.24, 2.45) is 0 Å². The Kier molecular flexibility index (Phi) is 2.74. The first-order chi connectivity index (χ1) is 6.72. The van der Waals surface area contributed by atoms with Gasteiger partial charge in [0.25, 0.3) is 0 Å². The Hall–Kier alpha value is -0.610. The highest BCUT2D eigenvalue weighted by Crippen LogP contribution is 2.27. The summed E-state index contributed by atoms with van der Waals surface area (Å²) in [7, 11) is 0. The third-order valence-electron chi connectivity index (χ3n) is 3.02. The molecule has 1 aliphatic heterocycles. The van der Waals surface area contributed by atoms with Gasteiger partial charge in [-0.05, 0) is 26.2 Å². The summed E-state index contributed by atoms with van der Waals surface area (Å²) in [4.78, 5) is 13.9. The summed E-state index contributed by atoms with van der Waals surface area (Å²) in [5.74, 6) is 0.173. The molecule has 14 heavy (non-hydrogen) atoms. The predicted molar refractivity (Wildman–Crippen MR) is 52.8 cm³/mol. The van der Waals surface area contributed by atoms with Gasteiger partial charge in [-0.2, -0.15) is 0 Å². The summed E-state index contributed by atoms with van der Waals surface area (Å²) in [6.07, 6.45) is 2.52. The lowest BCUT2D eigenvalue weighted by Crippen LogP contribution is -2.44. The third kappa shape index (κ3) is 1.91. The number of β-amino-alcohol motifs (C(OH)–C–C–N with tert-alkyl or cyclic N) is 1. The van der Waals surface area contributed by atoms with Crippen molar-refractivity contribution >= 4 is 5.91 Å². The molecule has 1 amide bonds. The Morgan fingerprint density at radius 2 is 2.29 bits per heavy atom. The fraction of sp³-hybridized carbons (Fsp3) is 0.900. The lowest BCUT2D eigenvalue weighted by Gasteiger charge is -2.23. The van der Waals surface area contributed by atoms with Crippen molar-refractivity contribution in [2.45, 2.75) is 44.4 Å². The number of amides is 1. The van der Waals surface area contributed by atoms with Gasteiger partial charge in [0, 0.05) is 19.1 Å². The first kappa shape index (κ1) is 9.93. The molecule has 1 saturated carbocycles. The highest BCUT2D eigenvalue weighted by atomic mass is 16.3. The number of aliphatic hydroxyl groups excluding tert-OH is 1. The molecule has 80 valence electrons. The zero-order chi connectivity index (χ0) is 10.1. The molecule has 0 spiro atoms. The number of rotatable bonds is 3. The second-order valence-corrected chi connectivity index (χ2v) is 4.21. The largest absolute Gasteiger partial charge is 0.392 e. The molecule has 2 unspecified atom stereocenters. The van der Waals surface area contributed by atoms with Gasteiger partial charge in [-0.3, -0.25) is 4.79 Å². The molecular weight excluding hydrogens is 180 g/mol. The van der Waals surface area contributed by atoms with Crippen molar-refractivity contribution in [3.05, 3.63) is 0 Å². The van der Waals surface area contributed by atoms with E-state index < -0.39 is 0 Å². The maximum absolute atomic E-state index is 12.0. The van der Waals surface area contributed by atoms with Crippen LogP contribution >= 0.6 is 0 Å². The molecule has 2 fully saturated rings. The topological polar surface area (TPSA) is 52.6 Å². The fourth-order valence-corrected chi connectivity index (χ4v) is 2.09. The predicted octanol–water partition coefficient (Wildman–Crippen LogP) is -0.280. The van der Waals surface area contributed by atoms with E-state index in [2.05, 4.69) is 5.32 Å². The number of nitrogens with one attached hydrogen (secondary N) is 1. The number of carbonyl (C=O) groups excluding carboxylic acids is 1. The summed E-state index contributed by atoms with van der Waals surface area (Å²) in [5.41, 5.74) is 0. The van der Waals surface area contributed by atoms with Crippen LogP contribution in [0.1, 0.15) is 26.2 Å². The standard InChI is InChI=1S/C10H18N2O2/c1-2-12(7-3-4-7)10(14)9-5-8(13)6-11-9/h7-9,11,13H,2-6H2,1H3. The van der Waals surface area contributed by atoms with Gasteiger partial charge in [-0.1, -0.05) is 0 Å². The number of carbonyl (C=O) groups is 1. The van der Waals surface area contributed by atoms with Crippen LogP contribution in [-0.2, 0) is 4.79 Å². The van der Waals surface area contributed by atoms with Gasteiger partial charge in [-0.15, -0.1) is 0 Å². The minimum atomic E-state index is -0.346. The minimum absolute atomic E-state index is 0.148. The van der Waals surface area contributed by atoms with Crippen molar-refractivity contribution < 1.29 is 9.90 Å². The van der Waals surface area contributed by atoms with E-state index in [0.717, 1.165) is 19.4 Å². The van der Waals surface area contributed by atoms with Crippen LogP contribution in [0.25, 0.3) is 0 Å². The van der Waals surface area contributed by atoms with Crippen molar-refractivity contribution in [1.82, 2.24) is 10.2 Å². The van der Waals surface area contributed by atoms with Gasteiger partial charge < -0.3 is 15.3 Å². The third-order valence-corrected chi connectivity index (χ3v) is 3.02. The van der Waals surface area contributed by atoms with E-state index in [4.69, 9.17) is 0 Å². The van der Waals surface area contributed by atoms with Gasteiger partial charge in [0.15, 0.2) is 0 Å². The summed E-state index contributed by atoms with van der Waals surface area (Å²) in [6.45, 7) is 3.36. The van der Waals surface area contributed by atoms with Crippen molar-refractivity contribution in [3.8, 4) is 0 Å². The van der Waals surface area contributed by atoms with Crippen molar-refractivity contribution in [2.75, 3.05) is 13.1 Å². The van der Waals surface area contributed by atoms with Gasteiger partial charge >= 0.3 is 0 Å². The molecule has 0 aromatic heterocycles. The van der Waals surface area contributed by atoms with Crippen LogP contribution < -0.4 is 5.32 Å². The summed E-state index contributed by atoms with van der Waals surface area (Å²) >= 11 is 0. The average Bonchev–Trinajstić information content (AvgIpc) is 2.90. The van der Waals surface area contributed by atoms with Crippen LogP contribution in [0.15, 0.2) is 0 Å². The van der Waals surface area contributed by atoms with Gasteiger partial charge in [-0.25, -0.2) is 0 Å². The molecule has 2 rings (SSSR count).